The van der Waals surface area contributed by atoms with Crippen molar-refractivity contribution < 1.29 is 14.3 Å². The van der Waals surface area contributed by atoms with Crippen LogP contribution < -0.4 is 0 Å². The topological polar surface area (TPSA) is 69.2 Å². The van der Waals surface area contributed by atoms with Gasteiger partial charge >= 0.3 is 5.71 Å². The second-order valence-corrected chi connectivity index (χ2v) is 4.81. The van der Waals surface area contributed by atoms with Gasteiger partial charge in [0.2, 0.25) is 5.91 Å². The predicted octanol–water partition coefficient (Wildman–Crippen LogP) is 0.987. The van der Waals surface area contributed by atoms with E-state index in [9.17, 15) is 4.79 Å². The van der Waals surface area contributed by atoms with Gasteiger partial charge in [-0.2, -0.15) is 4.79 Å². The minimum absolute atomic E-state index is 0.0753. The normalized spacial score (nSPS) is 19.5. The van der Waals surface area contributed by atoms with Crippen LogP contribution >= 0.6 is 0 Å². The van der Waals surface area contributed by atoms with E-state index >= 15 is 0 Å². The van der Waals surface area contributed by atoms with Crippen molar-refractivity contribution in [2.75, 3.05) is 27.7 Å². The van der Waals surface area contributed by atoms with Gasteiger partial charge in [-0.25, -0.2) is 0 Å². The van der Waals surface area contributed by atoms with E-state index in [2.05, 4.69) is 4.79 Å². The van der Waals surface area contributed by atoms with Gasteiger partial charge < -0.3 is 20.1 Å². The molecule has 19 heavy (non-hydrogen) atoms. The van der Waals surface area contributed by atoms with E-state index in [-0.39, 0.29) is 5.91 Å². The van der Waals surface area contributed by atoms with Crippen LogP contribution in [0.15, 0.2) is 23.2 Å². The number of hydrogen-bond acceptors (Lipinski definition) is 3. The number of ether oxygens (including phenoxy) is 1. The maximum absolute atomic E-state index is 11.9. The molecule has 1 saturated heterocycles. The summed E-state index contributed by atoms with van der Waals surface area (Å²) >= 11 is 0. The summed E-state index contributed by atoms with van der Waals surface area (Å²) in [7, 11) is 5.42. The standard InChI is InChI=1S/C13H18N4O2/c1-16(2)11-8-10(17-6-4-5-13(17)18)9(15-14)7-12(11)19-3/h8H,4-7H2,1-3H3. The molecule has 1 heterocycles. The van der Waals surface area contributed by atoms with Gasteiger partial charge in [0.1, 0.15) is 17.9 Å². The lowest BCUT2D eigenvalue weighted by Crippen LogP contribution is -2.32. The highest BCUT2D eigenvalue weighted by Gasteiger charge is 2.35. The zero-order valence-corrected chi connectivity index (χ0v) is 11.5. The van der Waals surface area contributed by atoms with Gasteiger partial charge in [0.25, 0.3) is 0 Å². The fraction of sp³-hybridized carbons (Fsp3) is 0.538. The summed E-state index contributed by atoms with van der Waals surface area (Å²) in [5.74, 6) is 0.805. The van der Waals surface area contributed by atoms with Gasteiger partial charge in [0, 0.05) is 27.1 Å². The number of hydrogen-bond donors (Lipinski definition) is 0. The highest BCUT2D eigenvalue weighted by molar-refractivity contribution is 6.02. The molecule has 0 aromatic carbocycles. The summed E-state index contributed by atoms with van der Waals surface area (Å²) in [5.41, 5.74) is 11.2. The lowest BCUT2D eigenvalue weighted by molar-refractivity contribution is -0.126. The molecular formula is C13H18N4O2. The van der Waals surface area contributed by atoms with Crippen LogP contribution in [-0.2, 0) is 9.53 Å². The number of carbonyl (C=O) groups is 1. The maximum Gasteiger partial charge on any atom is 0.323 e. The first-order valence-corrected chi connectivity index (χ1v) is 6.26. The largest absolute Gasteiger partial charge is 0.498 e. The third kappa shape index (κ3) is 2.39. The van der Waals surface area contributed by atoms with Crippen molar-refractivity contribution >= 4 is 11.6 Å². The minimum atomic E-state index is 0.0753. The molecular weight excluding hydrogens is 244 g/mol. The fourth-order valence-electron chi connectivity index (χ4n) is 2.40. The molecule has 0 radical (unpaired) electrons. The van der Waals surface area contributed by atoms with Crippen LogP contribution in [0.2, 0.25) is 0 Å². The number of carbonyl (C=O) groups excluding carboxylic acids is 1. The van der Waals surface area contributed by atoms with Gasteiger partial charge in [-0.15, -0.1) is 0 Å². The molecule has 0 unspecified atom stereocenters. The van der Waals surface area contributed by atoms with E-state index in [1.165, 1.54) is 0 Å². The average Bonchev–Trinajstić information content (AvgIpc) is 2.83. The third-order valence-electron chi connectivity index (χ3n) is 3.40. The second-order valence-electron chi connectivity index (χ2n) is 4.81. The third-order valence-corrected chi connectivity index (χ3v) is 3.40. The first-order valence-electron chi connectivity index (χ1n) is 6.26. The Kier molecular flexibility index (Phi) is 3.71. The monoisotopic (exact) mass is 262 g/mol. The molecule has 2 rings (SSSR count). The van der Waals surface area contributed by atoms with Crippen molar-refractivity contribution in [1.29, 1.82) is 0 Å². The Balaban J connectivity index is 2.46. The smallest absolute Gasteiger partial charge is 0.323 e. The Morgan fingerprint density at radius 3 is 2.68 bits per heavy atom. The van der Waals surface area contributed by atoms with E-state index in [1.54, 1.807) is 12.0 Å². The highest BCUT2D eigenvalue weighted by Crippen LogP contribution is 2.27. The molecule has 0 atom stereocenters. The molecule has 102 valence electrons. The minimum Gasteiger partial charge on any atom is -0.498 e. The Bertz CT molecular complexity index is 513. The second kappa shape index (κ2) is 5.28. The SMILES string of the molecule is COC1=C(N(C)C)C=C(N2CCCC2=O)C(=[N+]=[N-])C1. The van der Waals surface area contributed by atoms with Crippen LogP contribution in [0.1, 0.15) is 19.3 Å². The molecule has 1 fully saturated rings. The van der Waals surface area contributed by atoms with E-state index in [0.29, 0.717) is 30.8 Å². The first-order chi connectivity index (χ1) is 9.08. The summed E-state index contributed by atoms with van der Waals surface area (Å²) < 4.78 is 5.33. The molecule has 6 heteroatoms. The number of methoxy groups -OCH3 is 1. The maximum atomic E-state index is 11.9. The fourth-order valence-corrected chi connectivity index (χ4v) is 2.40. The quantitative estimate of drug-likeness (QED) is 0.562. The zero-order chi connectivity index (χ0) is 14.0. The Morgan fingerprint density at radius 2 is 2.21 bits per heavy atom. The van der Waals surface area contributed by atoms with Crippen molar-refractivity contribution in [2.24, 2.45) is 0 Å². The number of likely N-dealkylation sites (tertiary alicyclic amines) is 1. The van der Waals surface area contributed by atoms with Crippen molar-refractivity contribution in [3.05, 3.63) is 28.8 Å². The Morgan fingerprint density at radius 1 is 1.47 bits per heavy atom. The number of allylic oxidation sites excluding steroid dienone is 3. The van der Waals surface area contributed by atoms with Crippen LogP contribution in [0.4, 0.5) is 0 Å². The van der Waals surface area contributed by atoms with Crippen LogP contribution in [0.3, 0.4) is 0 Å². The molecule has 2 aliphatic rings. The van der Waals surface area contributed by atoms with Gasteiger partial charge in [-0.1, -0.05) is 0 Å². The van der Waals surface area contributed by atoms with Gasteiger partial charge in [0.15, 0.2) is 0 Å². The summed E-state index contributed by atoms with van der Waals surface area (Å²) in [6, 6.07) is 0. The van der Waals surface area contributed by atoms with Gasteiger partial charge in [-0.3, -0.25) is 4.79 Å². The summed E-state index contributed by atoms with van der Waals surface area (Å²) in [4.78, 5) is 18.8. The predicted molar refractivity (Wildman–Crippen MR) is 70.0 cm³/mol. The molecule has 0 aromatic rings. The Hall–Kier alpha value is -2.07. The van der Waals surface area contributed by atoms with E-state index in [4.69, 9.17) is 10.3 Å². The highest BCUT2D eigenvalue weighted by atomic mass is 16.5. The van der Waals surface area contributed by atoms with Crippen molar-refractivity contribution in [1.82, 2.24) is 9.80 Å². The Labute approximate surface area is 112 Å². The van der Waals surface area contributed by atoms with E-state index in [1.807, 2.05) is 25.1 Å². The molecule has 0 N–H and O–H groups in total. The van der Waals surface area contributed by atoms with E-state index in [0.717, 1.165) is 17.9 Å². The van der Waals surface area contributed by atoms with Gasteiger partial charge in [-0.05, 0) is 12.5 Å². The summed E-state index contributed by atoms with van der Waals surface area (Å²) in [6.07, 6.45) is 3.62. The number of nitrogens with zero attached hydrogens (tertiary/aromatic N) is 4. The molecule has 0 saturated carbocycles. The molecule has 6 nitrogen and oxygen atoms in total. The summed E-state index contributed by atoms with van der Waals surface area (Å²) in [6.45, 7) is 0.673. The van der Waals surface area contributed by atoms with Crippen LogP contribution in [0.5, 0.6) is 0 Å². The van der Waals surface area contributed by atoms with Crippen molar-refractivity contribution in [3.63, 3.8) is 0 Å². The number of rotatable bonds is 3. The van der Waals surface area contributed by atoms with Gasteiger partial charge in [0.05, 0.1) is 12.8 Å². The van der Waals surface area contributed by atoms with Crippen LogP contribution in [-0.4, -0.2) is 54.0 Å². The van der Waals surface area contributed by atoms with Crippen molar-refractivity contribution in [3.8, 4) is 0 Å². The number of likely N-dealkylation sites (N-methyl/N-ethyl adjacent to an activating group) is 1. The lowest BCUT2D eigenvalue weighted by atomic mass is 10.0. The molecule has 1 amide bonds. The molecule has 0 spiro atoms. The first kappa shape index (κ1) is 13.4. The van der Waals surface area contributed by atoms with E-state index < -0.39 is 0 Å². The molecule has 0 bridgehead atoms. The molecule has 0 aromatic heterocycles. The van der Waals surface area contributed by atoms with Crippen LogP contribution in [0, 0.1) is 0 Å². The average molecular weight is 262 g/mol. The molecule has 1 aliphatic heterocycles. The molecule has 1 aliphatic carbocycles. The summed E-state index contributed by atoms with van der Waals surface area (Å²) in [5, 5.41) is 0. The van der Waals surface area contributed by atoms with Crippen molar-refractivity contribution in [2.45, 2.75) is 19.3 Å². The zero-order valence-electron chi connectivity index (χ0n) is 11.5. The number of amides is 1. The lowest BCUT2D eigenvalue weighted by Gasteiger charge is -2.25. The van der Waals surface area contributed by atoms with Crippen LogP contribution in [0.25, 0.3) is 5.53 Å².